The number of benzene rings is 1. The lowest BCUT2D eigenvalue weighted by atomic mass is 9.98. The Bertz CT molecular complexity index is 582. The van der Waals surface area contributed by atoms with Gasteiger partial charge in [-0.2, -0.15) is 5.26 Å². The number of ether oxygens (including phenoxy) is 1. The van der Waals surface area contributed by atoms with E-state index in [0.717, 1.165) is 21.1 Å². The van der Waals surface area contributed by atoms with Gasteiger partial charge in [0.1, 0.15) is 16.9 Å². The van der Waals surface area contributed by atoms with E-state index in [1.165, 1.54) is 11.8 Å². The second-order valence-corrected chi connectivity index (χ2v) is 5.53. The SMILES string of the molecule is COc1ccc(C2=C(C#N)C(=N)SC(=S)C2)cc1. The summed E-state index contributed by atoms with van der Waals surface area (Å²) < 4.78 is 5.83. The third kappa shape index (κ3) is 2.45. The van der Waals surface area contributed by atoms with Crippen molar-refractivity contribution >= 4 is 38.8 Å². The highest BCUT2D eigenvalue weighted by molar-refractivity contribution is 8.33. The quantitative estimate of drug-likeness (QED) is 0.840. The Morgan fingerprint density at radius 1 is 1.39 bits per heavy atom. The van der Waals surface area contributed by atoms with Crippen LogP contribution >= 0.6 is 24.0 Å². The highest BCUT2D eigenvalue weighted by Crippen LogP contribution is 2.34. The molecule has 0 radical (unpaired) electrons. The fourth-order valence-electron chi connectivity index (χ4n) is 1.73. The third-order valence-electron chi connectivity index (χ3n) is 2.62. The van der Waals surface area contributed by atoms with Gasteiger partial charge in [0.15, 0.2) is 0 Å². The van der Waals surface area contributed by atoms with Gasteiger partial charge in [-0.25, -0.2) is 0 Å². The van der Waals surface area contributed by atoms with Crippen LogP contribution in [0.15, 0.2) is 29.8 Å². The molecule has 0 saturated carbocycles. The maximum absolute atomic E-state index is 9.15. The van der Waals surface area contributed by atoms with Crippen molar-refractivity contribution in [3.05, 3.63) is 35.4 Å². The van der Waals surface area contributed by atoms with E-state index < -0.39 is 0 Å². The van der Waals surface area contributed by atoms with Gasteiger partial charge in [0.05, 0.1) is 16.9 Å². The van der Waals surface area contributed by atoms with Crippen LogP contribution in [0.1, 0.15) is 12.0 Å². The number of allylic oxidation sites excluding steroid dienone is 1. The van der Waals surface area contributed by atoms with Crippen molar-refractivity contribution in [2.45, 2.75) is 6.42 Å². The first-order valence-corrected chi connectivity index (χ1v) is 6.45. The zero-order chi connectivity index (χ0) is 13.1. The van der Waals surface area contributed by atoms with E-state index in [0.29, 0.717) is 12.0 Å². The summed E-state index contributed by atoms with van der Waals surface area (Å²) in [5.41, 5.74) is 2.16. The van der Waals surface area contributed by atoms with Crippen LogP contribution in [0.4, 0.5) is 0 Å². The van der Waals surface area contributed by atoms with Crippen LogP contribution in [0.5, 0.6) is 5.75 Å². The highest BCUT2D eigenvalue weighted by atomic mass is 32.2. The normalized spacial score (nSPS) is 15.6. The summed E-state index contributed by atoms with van der Waals surface area (Å²) >= 11 is 6.35. The van der Waals surface area contributed by atoms with E-state index in [-0.39, 0.29) is 5.04 Å². The molecule has 0 spiro atoms. The summed E-state index contributed by atoms with van der Waals surface area (Å²) in [6.07, 6.45) is 0.553. The maximum Gasteiger partial charge on any atom is 0.118 e. The maximum atomic E-state index is 9.15. The van der Waals surface area contributed by atoms with Crippen molar-refractivity contribution in [2.75, 3.05) is 7.11 Å². The average molecular weight is 274 g/mol. The second-order valence-electron chi connectivity index (χ2n) is 3.67. The minimum Gasteiger partial charge on any atom is -0.497 e. The summed E-state index contributed by atoms with van der Waals surface area (Å²) in [5, 5.41) is 17.2. The Hall–Kier alpha value is -1.64. The number of hydrogen-bond donors (Lipinski definition) is 1. The van der Waals surface area contributed by atoms with E-state index in [4.69, 9.17) is 27.6 Å². The zero-order valence-corrected chi connectivity index (χ0v) is 11.3. The number of nitrogens with zero attached hydrogens (tertiary/aromatic N) is 1. The van der Waals surface area contributed by atoms with Gasteiger partial charge in [0, 0.05) is 6.42 Å². The smallest absolute Gasteiger partial charge is 0.118 e. The van der Waals surface area contributed by atoms with Gasteiger partial charge in [0.25, 0.3) is 0 Å². The molecule has 18 heavy (non-hydrogen) atoms. The lowest BCUT2D eigenvalue weighted by Crippen LogP contribution is -2.10. The molecule has 1 N–H and O–H groups in total. The molecule has 90 valence electrons. The van der Waals surface area contributed by atoms with Crippen LogP contribution in [0.3, 0.4) is 0 Å². The van der Waals surface area contributed by atoms with E-state index in [9.17, 15) is 0 Å². The molecule has 1 aromatic rings. The molecule has 0 fully saturated rings. The standard InChI is InChI=1S/C13H10N2OS2/c1-16-9-4-2-8(3-5-9)10-6-12(17)18-13(15)11(10)7-14/h2-5,15H,6H2,1H3. The number of thioether (sulfide) groups is 1. The van der Waals surface area contributed by atoms with Gasteiger partial charge in [0.2, 0.25) is 0 Å². The summed E-state index contributed by atoms with van der Waals surface area (Å²) in [6.45, 7) is 0. The summed E-state index contributed by atoms with van der Waals surface area (Å²) in [5.74, 6) is 0.765. The number of nitriles is 1. The topological polar surface area (TPSA) is 56.9 Å². The van der Waals surface area contributed by atoms with Crippen molar-refractivity contribution in [3.63, 3.8) is 0 Å². The molecule has 0 bridgehead atoms. The van der Waals surface area contributed by atoms with Crippen molar-refractivity contribution in [2.24, 2.45) is 0 Å². The Morgan fingerprint density at radius 2 is 2.06 bits per heavy atom. The molecule has 5 heteroatoms. The summed E-state index contributed by atoms with van der Waals surface area (Å²) in [4.78, 5) is 0. The molecule has 0 aromatic heterocycles. The van der Waals surface area contributed by atoms with Gasteiger partial charge >= 0.3 is 0 Å². The van der Waals surface area contributed by atoms with Crippen LogP contribution in [0.25, 0.3) is 5.57 Å². The van der Waals surface area contributed by atoms with Crippen molar-refractivity contribution in [3.8, 4) is 11.8 Å². The van der Waals surface area contributed by atoms with E-state index in [1.807, 2.05) is 24.3 Å². The number of methoxy groups -OCH3 is 1. The monoisotopic (exact) mass is 274 g/mol. The molecule has 0 atom stereocenters. The van der Waals surface area contributed by atoms with Crippen LogP contribution in [0, 0.1) is 16.7 Å². The van der Waals surface area contributed by atoms with Gasteiger partial charge in [-0.3, -0.25) is 5.41 Å². The summed E-state index contributed by atoms with van der Waals surface area (Å²) in [7, 11) is 1.61. The van der Waals surface area contributed by atoms with Crippen LogP contribution in [-0.2, 0) is 0 Å². The molecule has 0 unspecified atom stereocenters. The number of rotatable bonds is 2. The van der Waals surface area contributed by atoms with Crippen LogP contribution < -0.4 is 4.74 Å². The van der Waals surface area contributed by atoms with E-state index >= 15 is 0 Å². The van der Waals surface area contributed by atoms with Gasteiger partial charge in [-0.05, 0) is 23.3 Å². The third-order valence-corrected chi connectivity index (χ3v) is 3.79. The average Bonchev–Trinajstić information content (AvgIpc) is 2.38. The fourth-order valence-corrected chi connectivity index (χ4v) is 2.84. The first-order chi connectivity index (χ1) is 8.65. The predicted molar refractivity (Wildman–Crippen MR) is 78.1 cm³/mol. The minimum atomic E-state index is 0.236. The molecule has 1 aliphatic rings. The van der Waals surface area contributed by atoms with Gasteiger partial charge in [-0.15, -0.1) is 0 Å². The Kier molecular flexibility index (Phi) is 3.80. The zero-order valence-electron chi connectivity index (χ0n) is 9.69. The largest absolute Gasteiger partial charge is 0.497 e. The molecule has 0 amide bonds. The van der Waals surface area contributed by atoms with Crippen molar-refractivity contribution in [1.29, 1.82) is 10.7 Å². The molecule has 2 rings (SSSR count). The Balaban J connectivity index is 2.48. The fraction of sp³-hybridized carbons (Fsp3) is 0.154. The number of nitrogens with one attached hydrogen (secondary N) is 1. The summed E-state index contributed by atoms with van der Waals surface area (Å²) in [6, 6.07) is 9.55. The highest BCUT2D eigenvalue weighted by Gasteiger charge is 2.22. The van der Waals surface area contributed by atoms with Gasteiger partial charge in [-0.1, -0.05) is 36.1 Å². The first kappa shape index (κ1) is 12.8. The molecule has 1 aromatic carbocycles. The van der Waals surface area contributed by atoms with Crippen molar-refractivity contribution < 1.29 is 4.74 Å². The Morgan fingerprint density at radius 3 is 2.61 bits per heavy atom. The predicted octanol–water partition coefficient (Wildman–Crippen LogP) is 3.41. The molecule has 1 aliphatic heterocycles. The molecule has 1 heterocycles. The lowest BCUT2D eigenvalue weighted by molar-refractivity contribution is 0.415. The molecule has 0 aliphatic carbocycles. The van der Waals surface area contributed by atoms with E-state index in [2.05, 4.69) is 6.07 Å². The molecule has 3 nitrogen and oxygen atoms in total. The first-order valence-electron chi connectivity index (χ1n) is 5.23. The molecular formula is C13H10N2OS2. The van der Waals surface area contributed by atoms with Gasteiger partial charge < -0.3 is 4.74 Å². The van der Waals surface area contributed by atoms with E-state index in [1.54, 1.807) is 7.11 Å². The second kappa shape index (κ2) is 5.34. The Labute approximate surface area is 115 Å². The molecule has 0 saturated heterocycles. The number of thiocarbonyl (C=S) groups is 1. The number of hydrogen-bond acceptors (Lipinski definition) is 5. The van der Waals surface area contributed by atoms with Crippen LogP contribution in [-0.4, -0.2) is 16.4 Å². The lowest BCUT2D eigenvalue weighted by Gasteiger charge is -2.17. The molecular weight excluding hydrogens is 264 g/mol. The minimum absolute atomic E-state index is 0.236. The van der Waals surface area contributed by atoms with Crippen LogP contribution in [0.2, 0.25) is 0 Å². The van der Waals surface area contributed by atoms with Crippen molar-refractivity contribution in [1.82, 2.24) is 0 Å².